The molecule has 19 heteroatoms. The van der Waals surface area contributed by atoms with E-state index >= 15 is 0 Å². The Morgan fingerprint density at radius 1 is 1.25 bits per heavy atom. The van der Waals surface area contributed by atoms with E-state index in [0.717, 1.165) is 18.2 Å². The Labute approximate surface area is 187 Å². The first-order chi connectivity index (χ1) is 14.4. The Morgan fingerprint density at radius 2 is 1.81 bits per heavy atom. The van der Waals surface area contributed by atoms with Crippen molar-refractivity contribution in [2.45, 2.75) is 13.0 Å². The number of nitrogens with zero attached hydrogens (tertiary/aromatic N) is 3. The maximum absolute atomic E-state index is 12.5. The van der Waals surface area contributed by atoms with Crippen molar-refractivity contribution in [3.8, 4) is 5.75 Å². The van der Waals surface area contributed by atoms with Crippen molar-refractivity contribution in [2.24, 2.45) is 0 Å². The molecule has 0 saturated carbocycles. The van der Waals surface area contributed by atoms with Crippen molar-refractivity contribution in [2.75, 3.05) is 24.9 Å². The third kappa shape index (κ3) is 7.84. The maximum atomic E-state index is 12.5. The van der Waals surface area contributed by atoms with Crippen LogP contribution in [0.25, 0.3) is 0 Å². The second kappa shape index (κ2) is 10.3. The van der Waals surface area contributed by atoms with Gasteiger partial charge in [0, 0.05) is 18.5 Å². The summed E-state index contributed by atoms with van der Waals surface area (Å²) in [6, 6.07) is 2.67. The molecule has 1 amide bonds. The van der Waals surface area contributed by atoms with Gasteiger partial charge in [-0.15, -0.1) is 16.0 Å². The smallest absolute Gasteiger partial charge is 0.440 e. The third-order valence-corrected chi connectivity index (χ3v) is 6.27. The zero-order chi connectivity index (χ0) is 25.1. The number of amides is 1. The minimum absolute atomic E-state index is 0.0934. The van der Waals surface area contributed by atoms with Crippen LogP contribution in [-0.2, 0) is 29.3 Å². The van der Waals surface area contributed by atoms with Crippen LogP contribution in [0.15, 0.2) is 18.2 Å². The molecule has 0 aliphatic heterocycles. The maximum Gasteiger partial charge on any atom is 0.525 e. The third-order valence-electron chi connectivity index (χ3n) is 3.48. The van der Waals surface area contributed by atoms with E-state index in [1.54, 1.807) is 0 Å². The number of alkyl halides is 1. The van der Waals surface area contributed by atoms with E-state index < -0.39 is 63.0 Å². The van der Waals surface area contributed by atoms with Crippen LogP contribution in [0, 0.1) is 10.1 Å². The number of sulfonamides is 2. The number of nitro benzene ring substituents is 1. The van der Waals surface area contributed by atoms with E-state index in [2.05, 4.69) is 4.52 Å². The summed E-state index contributed by atoms with van der Waals surface area (Å²) < 4.78 is 68.4. The monoisotopic (exact) mass is 539 g/mol. The summed E-state index contributed by atoms with van der Waals surface area (Å²) in [6.07, 6.45) is -1.84. The van der Waals surface area contributed by atoms with Gasteiger partial charge < -0.3 is 9.26 Å². The van der Waals surface area contributed by atoms with Crippen LogP contribution in [0.2, 0.25) is 0 Å². The lowest BCUT2D eigenvalue weighted by Gasteiger charge is -2.30. The van der Waals surface area contributed by atoms with Crippen molar-refractivity contribution in [1.82, 2.24) is 8.83 Å². The highest BCUT2D eigenvalue weighted by atomic mass is 35.5. The number of benzene rings is 1. The van der Waals surface area contributed by atoms with Gasteiger partial charge in [0.25, 0.3) is 10.0 Å². The zero-order valence-corrected chi connectivity index (χ0v) is 20.0. The van der Waals surface area contributed by atoms with Crippen molar-refractivity contribution >= 4 is 51.3 Å². The molecule has 0 bridgehead atoms. The second-order valence-corrected chi connectivity index (χ2v) is 11.3. The fraction of sp³-hybridized carbons (Fsp3) is 0.462. The summed E-state index contributed by atoms with van der Waals surface area (Å²) in [6.45, 7) is 0.599. The number of halogens is 1. The number of nitro groups is 1. The average molecular weight is 540 g/mol. The molecular formula is C13H19ClN3O12PS2. The van der Waals surface area contributed by atoms with Crippen molar-refractivity contribution in [3.05, 3.63) is 33.9 Å². The van der Waals surface area contributed by atoms with Crippen LogP contribution in [0.4, 0.5) is 10.5 Å². The van der Waals surface area contributed by atoms with E-state index in [-0.39, 0.29) is 20.3 Å². The predicted molar refractivity (Wildman–Crippen MR) is 110 cm³/mol. The Bertz CT molecular complexity index is 1140. The summed E-state index contributed by atoms with van der Waals surface area (Å²) in [5.74, 6) is -1.21. The summed E-state index contributed by atoms with van der Waals surface area (Å²) in [7, 11) is -14.0. The highest BCUT2D eigenvalue weighted by molar-refractivity contribution is 7.91. The number of hydrogen-bond acceptors (Lipinski definition) is 10. The molecule has 1 aromatic rings. The van der Waals surface area contributed by atoms with E-state index in [1.807, 2.05) is 0 Å². The Hall–Kier alpha value is -2.01. The number of carbonyl (C=O) groups is 1. The molecule has 0 unspecified atom stereocenters. The van der Waals surface area contributed by atoms with E-state index in [0.29, 0.717) is 12.5 Å². The molecule has 0 aromatic heterocycles. The van der Waals surface area contributed by atoms with Gasteiger partial charge in [0.15, 0.2) is 0 Å². The molecule has 0 saturated heterocycles. The average Bonchev–Trinajstić information content (AvgIpc) is 2.57. The molecule has 2 N–H and O–H groups in total. The Morgan fingerprint density at radius 3 is 2.22 bits per heavy atom. The molecule has 1 aromatic carbocycles. The standard InChI is InChI=1S/C13H19ClN3O12PS2/c1-9(10-4-5-11(17(19)20)12(8-10)29-30(21,22)23)28-13(18)16(32(3,26)27)15(7-6-14)31(2,24)25/h4-5,8-9H,6-7H2,1-3H3,(H2,21,22,23)/t9-/m0/s1. The number of hydrazine groups is 1. The van der Waals surface area contributed by atoms with E-state index in [4.69, 9.17) is 26.1 Å². The van der Waals surface area contributed by atoms with Crippen LogP contribution in [0.1, 0.15) is 18.6 Å². The van der Waals surface area contributed by atoms with Gasteiger partial charge in [0.2, 0.25) is 15.8 Å². The lowest BCUT2D eigenvalue weighted by Crippen LogP contribution is -2.52. The van der Waals surface area contributed by atoms with Gasteiger partial charge in [-0.25, -0.2) is 26.2 Å². The van der Waals surface area contributed by atoms with Crippen molar-refractivity contribution in [1.29, 1.82) is 0 Å². The SMILES string of the molecule is C[C@H](OC(=O)N(N(CCCl)S(C)(=O)=O)S(C)(=O)=O)c1ccc([N+](=O)[O-])c(OP(=O)(O)O)c1. The van der Waals surface area contributed by atoms with E-state index in [9.17, 15) is 36.3 Å². The minimum Gasteiger partial charge on any atom is -0.440 e. The number of hydrogen-bond donors (Lipinski definition) is 2. The lowest BCUT2D eigenvalue weighted by molar-refractivity contribution is -0.385. The quantitative estimate of drug-likeness (QED) is 0.184. The Kier molecular flexibility index (Phi) is 9.01. The first-order valence-electron chi connectivity index (χ1n) is 8.16. The number of carbonyl (C=O) groups excluding carboxylic acids is 1. The molecule has 0 fully saturated rings. The first kappa shape index (κ1) is 28.0. The molecule has 0 heterocycles. The highest BCUT2D eigenvalue weighted by Gasteiger charge is 2.38. The molecule has 0 aliphatic carbocycles. The van der Waals surface area contributed by atoms with Crippen LogP contribution < -0.4 is 4.52 Å². The van der Waals surface area contributed by atoms with Gasteiger partial charge in [0.05, 0.1) is 17.4 Å². The van der Waals surface area contributed by atoms with Gasteiger partial charge in [-0.3, -0.25) is 19.9 Å². The van der Waals surface area contributed by atoms with Gasteiger partial charge in [-0.2, -0.15) is 0 Å². The van der Waals surface area contributed by atoms with Crippen molar-refractivity contribution < 1.29 is 50.2 Å². The molecule has 0 aliphatic rings. The van der Waals surface area contributed by atoms with Gasteiger partial charge in [0.1, 0.15) is 6.10 Å². The van der Waals surface area contributed by atoms with Gasteiger partial charge in [-0.1, -0.05) is 4.41 Å². The van der Waals surface area contributed by atoms with Crippen LogP contribution in [-0.4, -0.2) is 71.4 Å². The summed E-state index contributed by atoms with van der Waals surface area (Å²) in [5, 5.41) is 11.0. The number of rotatable bonds is 10. The highest BCUT2D eigenvalue weighted by Crippen LogP contribution is 2.42. The Balaban J connectivity index is 3.35. The van der Waals surface area contributed by atoms with E-state index in [1.165, 1.54) is 6.92 Å². The second-order valence-electron chi connectivity index (χ2n) is 6.10. The fourth-order valence-electron chi connectivity index (χ4n) is 2.26. The topological polar surface area (TPSA) is 211 Å². The van der Waals surface area contributed by atoms with Crippen LogP contribution >= 0.6 is 19.4 Å². The summed E-state index contributed by atoms with van der Waals surface area (Å²) >= 11 is 5.50. The number of ether oxygens (including phenoxy) is 1. The summed E-state index contributed by atoms with van der Waals surface area (Å²) in [5.41, 5.74) is -0.900. The largest absolute Gasteiger partial charge is 0.525 e. The molecule has 182 valence electrons. The normalized spacial score (nSPS) is 13.5. The molecule has 1 atom stereocenters. The molecule has 0 radical (unpaired) electrons. The minimum atomic E-state index is -5.19. The lowest BCUT2D eigenvalue weighted by atomic mass is 10.1. The molecule has 15 nitrogen and oxygen atoms in total. The predicted octanol–water partition coefficient (Wildman–Crippen LogP) is 0.941. The van der Waals surface area contributed by atoms with Crippen LogP contribution in [0.5, 0.6) is 5.75 Å². The fourth-order valence-corrected chi connectivity index (χ4v) is 5.13. The van der Waals surface area contributed by atoms with Gasteiger partial charge >= 0.3 is 19.6 Å². The molecule has 0 spiro atoms. The zero-order valence-electron chi connectivity index (χ0n) is 16.7. The number of phosphoric ester groups is 1. The first-order valence-corrected chi connectivity index (χ1v) is 13.9. The van der Waals surface area contributed by atoms with Crippen molar-refractivity contribution in [3.63, 3.8) is 0 Å². The molecule has 1 rings (SSSR count). The number of phosphoric acid groups is 1. The van der Waals surface area contributed by atoms with Crippen LogP contribution in [0.3, 0.4) is 0 Å². The molecular weight excluding hydrogens is 521 g/mol. The summed E-state index contributed by atoms with van der Waals surface area (Å²) in [4.78, 5) is 40.5. The molecule has 32 heavy (non-hydrogen) atoms. The van der Waals surface area contributed by atoms with Gasteiger partial charge in [-0.05, 0) is 24.6 Å².